The van der Waals surface area contributed by atoms with Gasteiger partial charge >= 0.3 is 0 Å². The van der Waals surface area contributed by atoms with Gasteiger partial charge in [-0.3, -0.25) is 4.68 Å². The highest BCUT2D eigenvalue weighted by atomic mass is 32.2. The fraction of sp³-hybridized carbons (Fsp3) is 0.429. The third-order valence-corrected chi connectivity index (χ3v) is 5.81. The minimum Gasteiger partial charge on any atom is -0.318 e. The molecule has 0 radical (unpaired) electrons. The Balaban J connectivity index is 1.90. The first-order chi connectivity index (χ1) is 8.65. The first-order valence-corrected chi connectivity index (χ1v) is 8.06. The van der Waals surface area contributed by atoms with Crippen molar-refractivity contribution in [2.75, 3.05) is 5.43 Å². The Bertz CT molecular complexity index is 536. The van der Waals surface area contributed by atoms with E-state index in [0.29, 0.717) is 11.3 Å². The van der Waals surface area contributed by atoms with Crippen LogP contribution in [0.15, 0.2) is 27.8 Å². The van der Waals surface area contributed by atoms with Crippen LogP contribution < -0.4 is 5.43 Å². The van der Waals surface area contributed by atoms with E-state index in [1.165, 1.54) is 27.6 Å². The van der Waals surface area contributed by atoms with Crippen molar-refractivity contribution < 1.29 is 0 Å². The predicted molar refractivity (Wildman–Crippen MR) is 80.3 cm³/mol. The van der Waals surface area contributed by atoms with Gasteiger partial charge in [-0.25, -0.2) is 0 Å². The predicted octanol–water partition coefficient (Wildman–Crippen LogP) is 4.34. The zero-order chi connectivity index (χ0) is 12.7. The largest absolute Gasteiger partial charge is 0.318 e. The monoisotopic (exact) mass is 278 g/mol. The van der Waals surface area contributed by atoms with Gasteiger partial charge in [0.25, 0.3) is 0 Å². The molecule has 1 aliphatic rings. The first kappa shape index (κ1) is 12.2. The molecule has 96 valence electrons. The summed E-state index contributed by atoms with van der Waals surface area (Å²) in [6.07, 6.45) is 1.19. The molecule has 3 rings (SSSR count). The molecule has 0 saturated carbocycles. The van der Waals surface area contributed by atoms with Crippen LogP contribution in [0.25, 0.3) is 0 Å². The van der Waals surface area contributed by atoms with Gasteiger partial charge in [-0.1, -0.05) is 6.92 Å². The molecule has 2 aromatic heterocycles. The smallest absolute Gasteiger partial charge is 0.0703 e. The molecule has 4 heteroatoms. The van der Waals surface area contributed by atoms with E-state index in [1.807, 2.05) is 23.1 Å². The number of thioether (sulfide) groups is 1. The average Bonchev–Trinajstić information content (AvgIpc) is 2.90. The molecule has 0 aromatic carbocycles. The zero-order valence-electron chi connectivity index (χ0n) is 10.9. The van der Waals surface area contributed by atoms with E-state index in [-0.39, 0.29) is 0 Å². The van der Waals surface area contributed by atoms with Crippen LogP contribution in [0, 0.1) is 13.8 Å². The van der Waals surface area contributed by atoms with Gasteiger partial charge in [0.2, 0.25) is 0 Å². The Kier molecular flexibility index (Phi) is 3.16. The number of thiophene rings is 1. The molecule has 3 heterocycles. The number of aryl methyl sites for hydroxylation is 2. The van der Waals surface area contributed by atoms with Crippen LogP contribution in [0.4, 0.5) is 0 Å². The molecule has 0 saturated heterocycles. The molecular weight excluding hydrogens is 260 g/mol. The summed E-state index contributed by atoms with van der Waals surface area (Å²) in [6, 6.07) is 7.03. The Morgan fingerprint density at radius 2 is 1.94 bits per heavy atom. The average molecular weight is 278 g/mol. The molecule has 0 bridgehead atoms. The van der Waals surface area contributed by atoms with Crippen molar-refractivity contribution in [1.29, 1.82) is 0 Å². The second kappa shape index (κ2) is 4.67. The third-order valence-electron chi connectivity index (χ3n) is 3.47. The van der Waals surface area contributed by atoms with Crippen LogP contribution in [-0.4, -0.2) is 9.93 Å². The molecule has 2 atom stereocenters. The van der Waals surface area contributed by atoms with Crippen molar-refractivity contribution >= 4 is 23.1 Å². The molecule has 0 amide bonds. The summed E-state index contributed by atoms with van der Waals surface area (Å²) in [5.41, 5.74) is 7.69. The van der Waals surface area contributed by atoms with Crippen molar-refractivity contribution in [2.24, 2.45) is 0 Å². The van der Waals surface area contributed by atoms with E-state index >= 15 is 0 Å². The normalized spacial score (nSPS) is 22.8. The van der Waals surface area contributed by atoms with Crippen molar-refractivity contribution in [3.63, 3.8) is 0 Å². The lowest BCUT2D eigenvalue weighted by Crippen LogP contribution is -2.27. The van der Waals surface area contributed by atoms with E-state index in [0.717, 1.165) is 0 Å². The molecule has 0 spiro atoms. The van der Waals surface area contributed by atoms with Crippen LogP contribution in [0.3, 0.4) is 0 Å². The zero-order valence-corrected chi connectivity index (χ0v) is 12.6. The molecule has 2 nitrogen and oxygen atoms in total. The molecule has 18 heavy (non-hydrogen) atoms. The van der Waals surface area contributed by atoms with E-state index in [9.17, 15) is 0 Å². The van der Waals surface area contributed by atoms with Crippen LogP contribution in [-0.2, 0) is 0 Å². The maximum atomic E-state index is 3.68. The molecule has 0 fully saturated rings. The number of nitrogens with zero attached hydrogens (tertiary/aromatic N) is 1. The summed E-state index contributed by atoms with van der Waals surface area (Å²) in [7, 11) is 0. The Morgan fingerprint density at radius 3 is 2.67 bits per heavy atom. The molecule has 0 aliphatic carbocycles. The summed E-state index contributed by atoms with van der Waals surface area (Å²) >= 11 is 3.88. The lowest BCUT2D eigenvalue weighted by molar-refractivity contribution is 0.593. The van der Waals surface area contributed by atoms with Gasteiger partial charge in [-0.05, 0) is 43.8 Å². The van der Waals surface area contributed by atoms with Crippen LogP contribution in [0.5, 0.6) is 0 Å². The van der Waals surface area contributed by atoms with E-state index < -0.39 is 0 Å². The third kappa shape index (κ3) is 2.08. The van der Waals surface area contributed by atoms with Crippen molar-refractivity contribution in [3.05, 3.63) is 40.5 Å². The number of hydrogen-bond donors (Lipinski definition) is 1. The number of aromatic nitrogens is 1. The van der Waals surface area contributed by atoms with Crippen LogP contribution in [0.1, 0.15) is 36.3 Å². The van der Waals surface area contributed by atoms with Crippen molar-refractivity contribution in [3.8, 4) is 0 Å². The minimum absolute atomic E-state index is 0.437. The molecule has 1 N–H and O–H groups in total. The summed E-state index contributed by atoms with van der Waals surface area (Å²) in [4.78, 5) is 0. The van der Waals surface area contributed by atoms with Crippen molar-refractivity contribution in [2.45, 2.75) is 42.7 Å². The van der Waals surface area contributed by atoms with E-state index in [1.54, 1.807) is 0 Å². The summed E-state index contributed by atoms with van der Waals surface area (Å²) in [6.45, 7) is 6.61. The van der Waals surface area contributed by atoms with Crippen LogP contribution >= 0.6 is 23.1 Å². The quantitative estimate of drug-likeness (QED) is 0.880. The van der Waals surface area contributed by atoms with Crippen LogP contribution in [0.2, 0.25) is 0 Å². The molecule has 1 aliphatic heterocycles. The highest BCUT2D eigenvalue weighted by molar-refractivity contribution is 8.01. The van der Waals surface area contributed by atoms with Gasteiger partial charge in [0.05, 0.1) is 10.3 Å². The van der Waals surface area contributed by atoms with Gasteiger partial charge in [0.15, 0.2) is 0 Å². The summed E-state index contributed by atoms with van der Waals surface area (Å²) in [5.74, 6) is 0. The number of fused-ring (bicyclic) bond motifs is 1. The molecule has 1 unspecified atom stereocenters. The van der Waals surface area contributed by atoms with Gasteiger partial charge in [-0.15, -0.1) is 23.1 Å². The maximum Gasteiger partial charge on any atom is 0.0703 e. The number of nitrogens with one attached hydrogen (secondary N) is 1. The number of hydrogen-bond acceptors (Lipinski definition) is 3. The standard InChI is InChI=1S/C14H18N2S2/c1-9-4-5-10(2)16(9)15-13-8-11(3)18-14-12(13)6-7-17-14/h4-7,11,13,15H,8H2,1-3H3/t11-,13?/m0/s1. The Morgan fingerprint density at radius 1 is 1.22 bits per heavy atom. The second-order valence-corrected chi connectivity index (χ2v) is 7.58. The SMILES string of the molecule is Cc1ccc(C)n1NC1C[C@H](C)Sc2sccc21. The van der Waals surface area contributed by atoms with Crippen molar-refractivity contribution in [1.82, 2.24) is 4.68 Å². The first-order valence-electron chi connectivity index (χ1n) is 6.30. The highest BCUT2D eigenvalue weighted by Gasteiger charge is 2.26. The number of rotatable bonds is 2. The molecular formula is C14H18N2S2. The van der Waals surface area contributed by atoms with Gasteiger partial charge < -0.3 is 5.43 Å². The maximum absolute atomic E-state index is 3.68. The highest BCUT2D eigenvalue weighted by Crippen LogP contribution is 2.44. The Labute approximate surface area is 116 Å². The van der Waals surface area contributed by atoms with Gasteiger partial charge in [0, 0.05) is 22.2 Å². The lowest BCUT2D eigenvalue weighted by Gasteiger charge is -2.29. The molecule has 2 aromatic rings. The van der Waals surface area contributed by atoms with E-state index in [2.05, 4.69) is 54.5 Å². The lowest BCUT2D eigenvalue weighted by atomic mass is 10.1. The van der Waals surface area contributed by atoms with Gasteiger partial charge in [-0.2, -0.15) is 0 Å². The minimum atomic E-state index is 0.437. The Hall–Kier alpha value is -0.870. The summed E-state index contributed by atoms with van der Waals surface area (Å²) < 4.78 is 3.70. The topological polar surface area (TPSA) is 17.0 Å². The fourth-order valence-corrected chi connectivity index (χ4v) is 5.07. The fourth-order valence-electron chi connectivity index (χ4n) is 2.50. The van der Waals surface area contributed by atoms with Gasteiger partial charge in [0.1, 0.15) is 0 Å². The van der Waals surface area contributed by atoms with E-state index in [4.69, 9.17) is 0 Å². The second-order valence-electron chi connectivity index (χ2n) is 4.96. The summed E-state index contributed by atoms with van der Waals surface area (Å²) in [5, 5.41) is 2.89.